The number of halogens is 1. The minimum Gasteiger partial charge on any atom is -0.394 e. The highest BCUT2D eigenvalue weighted by molar-refractivity contribution is 6.32. The van der Waals surface area contributed by atoms with Crippen LogP contribution in [0.15, 0.2) is 11.0 Å². The Morgan fingerprint density at radius 2 is 2.22 bits per heavy atom. The molecule has 0 aliphatic carbocycles. The van der Waals surface area contributed by atoms with Gasteiger partial charge in [0.2, 0.25) is 0 Å². The Hall–Kier alpha value is -1.07. The largest absolute Gasteiger partial charge is 0.394 e. The van der Waals surface area contributed by atoms with Crippen LogP contribution in [0.1, 0.15) is 40.2 Å². The van der Waals surface area contributed by atoms with Crippen LogP contribution in [0.25, 0.3) is 0 Å². The molecule has 0 aromatic carbocycles. The Morgan fingerprint density at radius 1 is 1.61 bits per heavy atom. The minimum atomic E-state index is -0.512. The first-order valence-corrected chi connectivity index (χ1v) is 6.38. The SMILES string of the molecule is CCC(C)(CO)Nc1cnn(C(C)C)c(=O)c1Cl. The van der Waals surface area contributed by atoms with Crippen LogP contribution >= 0.6 is 11.6 Å². The molecular weight excluding hydrogens is 254 g/mol. The smallest absolute Gasteiger partial charge is 0.287 e. The molecule has 6 heteroatoms. The first kappa shape index (κ1) is 15.0. The van der Waals surface area contributed by atoms with Crippen LogP contribution in [-0.4, -0.2) is 27.0 Å². The van der Waals surface area contributed by atoms with E-state index in [-0.39, 0.29) is 23.2 Å². The molecule has 1 atom stereocenters. The van der Waals surface area contributed by atoms with Gasteiger partial charge in [0.15, 0.2) is 0 Å². The van der Waals surface area contributed by atoms with Gasteiger partial charge in [0, 0.05) is 0 Å². The van der Waals surface area contributed by atoms with Crippen molar-refractivity contribution in [1.29, 1.82) is 0 Å². The molecule has 1 heterocycles. The van der Waals surface area contributed by atoms with Crippen LogP contribution in [0.4, 0.5) is 5.69 Å². The Labute approximate surface area is 112 Å². The van der Waals surface area contributed by atoms with Gasteiger partial charge in [0.1, 0.15) is 5.02 Å². The highest BCUT2D eigenvalue weighted by Crippen LogP contribution is 2.22. The molecule has 0 radical (unpaired) electrons. The predicted octanol–water partition coefficient (Wildman–Crippen LogP) is 2.05. The number of anilines is 1. The maximum atomic E-state index is 12.0. The summed E-state index contributed by atoms with van der Waals surface area (Å²) in [4.78, 5) is 12.0. The van der Waals surface area contributed by atoms with Crippen LogP contribution in [0.3, 0.4) is 0 Å². The number of hydrogen-bond donors (Lipinski definition) is 2. The van der Waals surface area contributed by atoms with E-state index in [1.807, 2.05) is 27.7 Å². The van der Waals surface area contributed by atoms with Crippen molar-refractivity contribution in [1.82, 2.24) is 9.78 Å². The molecule has 0 aliphatic rings. The average Bonchev–Trinajstić information content (AvgIpc) is 2.34. The topological polar surface area (TPSA) is 67.2 Å². The van der Waals surface area contributed by atoms with Crippen molar-refractivity contribution in [2.24, 2.45) is 0 Å². The van der Waals surface area contributed by atoms with E-state index in [9.17, 15) is 9.90 Å². The lowest BCUT2D eigenvalue weighted by Crippen LogP contribution is -2.39. The van der Waals surface area contributed by atoms with Crippen molar-refractivity contribution in [2.75, 3.05) is 11.9 Å². The normalized spacial score (nSPS) is 14.6. The van der Waals surface area contributed by atoms with Gasteiger partial charge in [-0.1, -0.05) is 18.5 Å². The molecule has 0 spiro atoms. The van der Waals surface area contributed by atoms with Crippen molar-refractivity contribution in [2.45, 2.75) is 45.7 Å². The third-order valence-corrected chi connectivity index (χ3v) is 3.36. The van der Waals surface area contributed by atoms with Gasteiger partial charge in [0.05, 0.1) is 30.1 Å². The number of hydrogen-bond acceptors (Lipinski definition) is 4. The Balaban J connectivity index is 3.14. The van der Waals surface area contributed by atoms with E-state index < -0.39 is 5.54 Å². The van der Waals surface area contributed by atoms with Crippen LogP contribution < -0.4 is 10.9 Å². The summed E-state index contributed by atoms with van der Waals surface area (Å²) in [6, 6.07) is -0.0422. The summed E-state index contributed by atoms with van der Waals surface area (Å²) in [6.45, 7) is 7.48. The van der Waals surface area contributed by atoms with Crippen molar-refractivity contribution >= 4 is 17.3 Å². The molecular formula is C12H20ClN3O2. The Kier molecular flexibility index (Phi) is 4.76. The third-order valence-electron chi connectivity index (χ3n) is 3.00. The van der Waals surface area contributed by atoms with Gasteiger partial charge in [-0.05, 0) is 27.2 Å². The lowest BCUT2D eigenvalue weighted by molar-refractivity contribution is 0.219. The third kappa shape index (κ3) is 3.03. The van der Waals surface area contributed by atoms with Gasteiger partial charge >= 0.3 is 0 Å². The number of rotatable bonds is 5. The van der Waals surface area contributed by atoms with Gasteiger partial charge < -0.3 is 10.4 Å². The molecule has 1 unspecified atom stereocenters. The average molecular weight is 274 g/mol. The molecule has 102 valence electrons. The summed E-state index contributed by atoms with van der Waals surface area (Å²) in [5.41, 5.74) is -0.382. The van der Waals surface area contributed by atoms with Crippen molar-refractivity contribution in [3.05, 3.63) is 21.6 Å². The molecule has 1 aromatic heterocycles. The molecule has 2 N–H and O–H groups in total. The zero-order valence-electron chi connectivity index (χ0n) is 11.2. The molecule has 0 aliphatic heterocycles. The van der Waals surface area contributed by atoms with E-state index in [1.165, 1.54) is 10.9 Å². The maximum Gasteiger partial charge on any atom is 0.287 e. The van der Waals surface area contributed by atoms with Gasteiger partial charge in [-0.2, -0.15) is 5.10 Å². The van der Waals surface area contributed by atoms with E-state index >= 15 is 0 Å². The van der Waals surface area contributed by atoms with Gasteiger partial charge in [-0.25, -0.2) is 4.68 Å². The van der Waals surface area contributed by atoms with Crippen molar-refractivity contribution < 1.29 is 5.11 Å². The van der Waals surface area contributed by atoms with E-state index in [4.69, 9.17) is 11.6 Å². The number of aliphatic hydroxyl groups excluding tert-OH is 1. The Bertz CT molecular complexity index is 467. The minimum absolute atomic E-state index is 0.0422. The summed E-state index contributed by atoms with van der Waals surface area (Å²) in [5.74, 6) is 0. The molecule has 0 bridgehead atoms. The summed E-state index contributed by atoms with van der Waals surface area (Å²) < 4.78 is 1.33. The second-order valence-electron chi connectivity index (χ2n) is 4.91. The molecule has 0 fully saturated rings. The highest BCUT2D eigenvalue weighted by Gasteiger charge is 2.23. The summed E-state index contributed by atoms with van der Waals surface area (Å²) in [5, 5.41) is 16.6. The molecule has 1 rings (SSSR count). The first-order valence-electron chi connectivity index (χ1n) is 6.01. The zero-order chi connectivity index (χ0) is 13.9. The molecule has 0 saturated heterocycles. The van der Waals surface area contributed by atoms with Crippen molar-refractivity contribution in [3.8, 4) is 0 Å². The Morgan fingerprint density at radius 3 is 2.67 bits per heavy atom. The lowest BCUT2D eigenvalue weighted by atomic mass is 10.00. The van der Waals surface area contributed by atoms with E-state index in [0.29, 0.717) is 12.1 Å². The fourth-order valence-corrected chi connectivity index (χ4v) is 1.65. The van der Waals surface area contributed by atoms with Crippen LogP contribution in [0, 0.1) is 0 Å². The summed E-state index contributed by atoms with van der Waals surface area (Å²) in [7, 11) is 0. The number of nitrogens with one attached hydrogen (secondary N) is 1. The van der Waals surface area contributed by atoms with Gasteiger partial charge in [0.25, 0.3) is 5.56 Å². The fraction of sp³-hybridized carbons (Fsp3) is 0.667. The summed E-state index contributed by atoms with van der Waals surface area (Å²) >= 11 is 6.04. The molecule has 0 amide bonds. The molecule has 1 aromatic rings. The number of aromatic nitrogens is 2. The quantitative estimate of drug-likeness (QED) is 0.862. The zero-order valence-corrected chi connectivity index (χ0v) is 12.0. The maximum absolute atomic E-state index is 12.0. The molecule has 0 saturated carbocycles. The number of nitrogens with zero attached hydrogens (tertiary/aromatic N) is 2. The van der Waals surface area contributed by atoms with Crippen molar-refractivity contribution in [3.63, 3.8) is 0 Å². The van der Waals surface area contributed by atoms with E-state index in [1.54, 1.807) is 0 Å². The van der Waals surface area contributed by atoms with Gasteiger partial charge in [-0.3, -0.25) is 4.79 Å². The van der Waals surface area contributed by atoms with Crippen LogP contribution in [-0.2, 0) is 0 Å². The van der Waals surface area contributed by atoms with Crippen LogP contribution in [0.2, 0.25) is 5.02 Å². The second kappa shape index (κ2) is 5.71. The molecule has 5 nitrogen and oxygen atoms in total. The first-order chi connectivity index (χ1) is 8.34. The highest BCUT2D eigenvalue weighted by atomic mass is 35.5. The number of aliphatic hydroxyl groups is 1. The lowest BCUT2D eigenvalue weighted by Gasteiger charge is -2.28. The van der Waals surface area contributed by atoms with E-state index in [2.05, 4.69) is 10.4 Å². The monoisotopic (exact) mass is 273 g/mol. The molecule has 18 heavy (non-hydrogen) atoms. The van der Waals surface area contributed by atoms with Gasteiger partial charge in [-0.15, -0.1) is 0 Å². The predicted molar refractivity (Wildman–Crippen MR) is 73.3 cm³/mol. The van der Waals surface area contributed by atoms with Crippen LogP contribution in [0.5, 0.6) is 0 Å². The second-order valence-corrected chi connectivity index (χ2v) is 5.29. The standard InChI is InChI=1S/C12H20ClN3O2/c1-5-12(4,7-17)15-9-6-14-16(8(2)3)11(18)10(9)13/h6,8,15,17H,5,7H2,1-4H3. The van der Waals surface area contributed by atoms with E-state index in [0.717, 1.165) is 0 Å². The summed E-state index contributed by atoms with van der Waals surface area (Å²) in [6.07, 6.45) is 2.22. The fourth-order valence-electron chi connectivity index (χ4n) is 1.46.